The summed E-state index contributed by atoms with van der Waals surface area (Å²) in [6.07, 6.45) is 1.76. The van der Waals surface area contributed by atoms with Crippen LogP contribution in [-0.4, -0.2) is 21.5 Å². The van der Waals surface area contributed by atoms with Crippen molar-refractivity contribution in [2.75, 3.05) is 6.54 Å². The van der Waals surface area contributed by atoms with Crippen molar-refractivity contribution < 1.29 is 0 Å². The highest BCUT2D eigenvalue weighted by molar-refractivity contribution is 9.10. The van der Waals surface area contributed by atoms with Crippen molar-refractivity contribution >= 4 is 27.5 Å². The highest BCUT2D eigenvalue weighted by Gasteiger charge is 2.10. The summed E-state index contributed by atoms with van der Waals surface area (Å²) in [5, 5.41) is 12.2. The third-order valence-electron chi connectivity index (χ3n) is 2.61. The molecule has 1 aromatic carbocycles. The van der Waals surface area contributed by atoms with Gasteiger partial charge in [0.2, 0.25) is 0 Å². The largest absolute Gasteiger partial charge is 0.311 e. The molecule has 0 radical (unpaired) electrons. The predicted molar refractivity (Wildman–Crippen MR) is 80.6 cm³/mol. The summed E-state index contributed by atoms with van der Waals surface area (Å²) in [7, 11) is 0. The quantitative estimate of drug-likeness (QED) is 0.904. The van der Waals surface area contributed by atoms with Crippen molar-refractivity contribution in [3.05, 3.63) is 39.6 Å². The summed E-state index contributed by atoms with van der Waals surface area (Å²) in [5.74, 6) is 0.613. The number of halogens is 2. The molecule has 0 aliphatic carbocycles. The minimum absolute atomic E-state index is 0.613. The van der Waals surface area contributed by atoms with Crippen LogP contribution in [-0.2, 0) is 6.54 Å². The van der Waals surface area contributed by atoms with Crippen molar-refractivity contribution in [2.45, 2.75) is 20.4 Å². The second-order valence-electron chi connectivity index (χ2n) is 4.76. The number of hydrogen-bond donors (Lipinski definition) is 1. The lowest BCUT2D eigenvalue weighted by Crippen LogP contribution is -2.20. The number of benzene rings is 1. The first-order valence-electron chi connectivity index (χ1n) is 6.13. The Morgan fingerprint density at radius 1 is 1.42 bits per heavy atom. The fourth-order valence-corrected chi connectivity index (χ4v) is 2.30. The van der Waals surface area contributed by atoms with Gasteiger partial charge in [-0.15, -0.1) is 5.10 Å². The van der Waals surface area contributed by atoms with Crippen LogP contribution in [0.15, 0.2) is 28.9 Å². The van der Waals surface area contributed by atoms with Gasteiger partial charge in [0.1, 0.15) is 0 Å². The molecule has 1 heterocycles. The second-order valence-corrected chi connectivity index (χ2v) is 6.05. The van der Waals surface area contributed by atoms with Gasteiger partial charge in [-0.3, -0.25) is 0 Å². The van der Waals surface area contributed by atoms with Gasteiger partial charge in [0.25, 0.3) is 0 Å². The van der Waals surface area contributed by atoms with Gasteiger partial charge in [-0.25, -0.2) is 4.68 Å². The summed E-state index contributed by atoms with van der Waals surface area (Å²) >= 11 is 9.54. The van der Waals surface area contributed by atoms with Crippen molar-refractivity contribution in [1.29, 1.82) is 0 Å². The molecule has 2 aromatic rings. The van der Waals surface area contributed by atoms with Crippen LogP contribution in [0.25, 0.3) is 5.69 Å². The van der Waals surface area contributed by atoms with E-state index >= 15 is 0 Å². The highest BCUT2D eigenvalue weighted by atomic mass is 79.9. The van der Waals surface area contributed by atoms with Gasteiger partial charge in [-0.2, -0.15) is 0 Å². The van der Waals surface area contributed by atoms with Crippen LogP contribution in [0.5, 0.6) is 0 Å². The molecule has 1 aromatic heterocycles. The molecule has 19 heavy (non-hydrogen) atoms. The van der Waals surface area contributed by atoms with Gasteiger partial charge >= 0.3 is 0 Å². The molecule has 0 unspecified atom stereocenters. The van der Waals surface area contributed by atoms with Crippen LogP contribution in [0.3, 0.4) is 0 Å². The maximum absolute atomic E-state index is 6.03. The number of aromatic nitrogens is 3. The highest BCUT2D eigenvalue weighted by Crippen LogP contribution is 2.25. The first-order valence-corrected chi connectivity index (χ1v) is 7.30. The van der Waals surface area contributed by atoms with Crippen molar-refractivity contribution in [3.8, 4) is 5.69 Å². The molecule has 1 N–H and O–H groups in total. The van der Waals surface area contributed by atoms with E-state index in [0.29, 0.717) is 10.9 Å². The monoisotopic (exact) mass is 342 g/mol. The molecule has 0 aliphatic rings. The van der Waals surface area contributed by atoms with E-state index in [2.05, 4.69) is 45.4 Å². The average Bonchev–Trinajstić information content (AvgIpc) is 2.80. The van der Waals surface area contributed by atoms with E-state index in [4.69, 9.17) is 11.6 Å². The molecule has 0 amide bonds. The van der Waals surface area contributed by atoms with Crippen LogP contribution >= 0.6 is 27.5 Å². The van der Waals surface area contributed by atoms with Crippen LogP contribution in [0.1, 0.15) is 19.5 Å². The first-order chi connectivity index (χ1) is 9.08. The van der Waals surface area contributed by atoms with E-state index in [1.54, 1.807) is 10.9 Å². The molecule has 0 saturated carbocycles. The zero-order valence-corrected chi connectivity index (χ0v) is 13.2. The Bertz CT molecular complexity index is 553. The fourth-order valence-electron chi connectivity index (χ4n) is 1.72. The maximum atomic E-state index is 6.03. The lowest BCUT2D eigenvalue weighted by molar-refractivity contribution is 0.542. The van der Waals surface area contributed by atoms with Crippen LogP contribution in [0.2, 0.25) is 5.02 Å². The van der Waals surface area contributed by atoms with E-state index in [1.165, 1.54) is 0 Å². The van der Waals surface area contributed by atoms with Gasteiger partial charge in [0, 0.05) is 16.0 Å². The second kappa shape index (κ2) is 6.50. The summed E-state index contributed by atoms with van der Waals surface area (Å²) < 4.78 is 2.73. The van der Waals surface area contributed by atoms with Gasteiger partial charge in [-0.1, -0.05) is 30.7 Å². The molecular weight excluding hydrogens is 328 g/mol. The van der Waals surface area contributed by atoms with Gasteiger partial charge in [-0.05, 0) is 46.6 Å². The van der Waals surface area contributed by atoms with Crippen molar-refractivity contribution in [3.63, 3.8) is 0 Å². The van der Waals surface area contributed by atoms with Crippen LogP contribution < -0.4 is 5.32 Å². The van der Waals surface area contributed by atoms with Gasteiger partial charge in [0.05, 0.1) is 17.6 Å². The molecule has 0 fully saturated rings. The van der Waals surface area contributed by atoms with E-state index in [9.17, 15) is 0 Å². The zero-order valence-electron chi connectivity index (χ0n) is 10.9. The third-order valence-corrected chi connectivity index (χ3v) is 3.52. The Kier molecular flexibility index (Phi) is 4.96. The SMILES string of the molecule is CC(C)CNCc1cnnn1-c1cc(Cl)ccc1Br. The Hall–Kier alpha value is -0.910. The molecule has 0 bridgehead atoms. The summed E-state index contributed by atoms with van der Waals surface area (Å²) in [5.41, 5.74) is 1.90. The number of nitrogens with zero attached hydrogens (tertiary/aromatic N) is 3. The molecule has 0 saturated heterocycles. The number of hydrogen-bond acceptors (Lipinski definition) is 3. The summed E-state index contributed by atoms with van der Waals surface area (Å²) in [4.78, 5) is 0. The fraction of sp³-hybridized carbons (Fsp3) is 0.385. The van der Waals surface area contributed by atoms with E-state index < -0.39 is 0 Å². The number of nitrogens with one attached hydrogen (secondary N) is 1. The topological polar surface area (TPSA) is 42.7 Å². The van der Waals surface area contributed by atoms with Crippen LogP contribution in [0.4, 0.5) is 0 Å². The van der Waals surface area contributed by atoms with E-state index in [1.807, 2.05) is 18.2 Å². The lowest BCUT2D eigenvalue weighted by atomic mass is 10.2. The molecule has 0 spiro atoms. The van der Waals surface area contributed by atoms with Crippen molar-refractivity contribution in [1.82, 2.24) is 20.3 Å². The minimum atomic E-state index is 0.613. The minimum Gasteiger partial charge on any atom is -0.311 e. The van der Waals surface area contributed by atoms with Gasteiger partial charge < -0.3 is 5.32 Å². The number of rotatable bonds is 5. The average molecular weight is 344 g/mol. The van der Waals surface area contributed by atoms with Gasteiger partial charge in [0.15, 0.2) is 0 Å². The molecule has 102 valence electrons. The molecular formula is C13H16BrClN4. The normalized spacial score (nSPS) is 11.2. The zero-order chi connectivity index (χ0) is 13.8. The molecule has 4 nitrogen and oxygen atoms in total. The van der Waals surface area contributed by atoms with Crippen LogP contribution in [0, 0.1) is 5.92 Å². The van der Waals surface area contributed by atoms with E-state index in [0.717, 1.165) is 28.9 Å². The molecule has 6 heteroatoms. The maximum Gasteiger partial charge on any atom is 0.0824 e. The molecule has 0 aliphatic heterocycles. The predicted octanol–water partition coefficient (Wildman–Crippen LogP) is 3.43. The van der Waals surface area contributed by atoms with E-state index in [-0.39, 0.29) is 0 Å². The smallest absolute Gasteiger partial charge is 0.0824 e. The summed E-state index contributed by atoms with van der Waals surface area (Å²) in [6.45, 7) is 6.04. The molecule has 2 rings (SSSR count). The van der Waals surface area contributed by atoms with Crippen molar-refractivity contribution in [2.24, 2.45) is 5.92 Å². The Balaban J connectivity index is 2.21. The Labute approximate surface area is 126 Å². The lowest BCUT2D eigenvalue weighted by Gasteiger charge is -2.10. The first kappa shape index (κ1) is 14.5. The Morgan fingerprint density at radius 2 is 2.21 bits per heavy atom. The summed E-state index contributed by atoms with van der Waals surface area (Å²) in [6, 6.07) is 5.61. The third kappa shape index (κ3) is 3.78. The molecule has 0 atom stereocenters. The Morgan fingerprint density at radius 3 is 2.95 bits per heavy atom. The standard InChI is InChI=1S/C13H16BrClN4/c1-9(2)6-16-7-11-8-17-18-19(11)13-5-10(15)3-4-12(13)14/h3-5,8-9,16H,6-7H2,1-2H3.